The Morgan fingerprint density at radius 3 is 1.24 bits per heavy atom. The molecule has 1 saturated heterocycles. The molecule has 1 heterocycles. The molecule has 0 amide bonds. The van der Waals surface area contributed by atoms with Gasteiger partial charge in [0.25, 0.3) is 0 Å². The SMILES string of the molecule is CCN(CC)[PH](NC1(C)N(C)CCN1C)(N(CC)CC)N(CC)CC. The van der Waals surface area contributed by atoms with Crippen molar-refractivity contribution in [3.05, 3.63) is 0 Å². The van der Waals surface area contributed by atoms with Crippen LogP contribution in [0.4, 0.5) is 0 Å². The van der Waals surface area contributed by atoms with E-state index in [1.165, 1.54) is 0 Å². The molecule has 152 valence electrons. The molecule has 1 rings (SSSR count). The summed E-state index contributed by atoms with van der Waals surface area (Å²) in [6, 6.07) is 0. The van der Waals surface area contributed by atoms with Crippen LogP contribution in [0.25, 0.3) is 0 Å². The van der Waals surface area contributed by atoms with Crippen LogP contribution in [0.3, 0.4) is 0 Å². The van der Waals surface area contributed by atoms with E-state index in [9.17, 15) is 0 Å². The Hall–Kier alpha value is 0.190. The molecule has 0 bridgehead atoms. The maximum atomic E-state index is 4.28. The molecule has 0 aromatic carbocycles. The monoisotopic (exact) mass is 376 g/mol. The van der Waals surface area contributed by atoms with Gasteiger partial charge in [0.15, 0.2) is 0 Å². The summed E-state index contributed by atoms with van der Waals surface area (Å²) in [6.07, 6.45) is 0. The topological polar surface area (TPSA) is 28.2 Å². The third kappa shape index (κ3) is 4.21. The summed E-state index contributed by atoms with van der Waals surface area (Å²) in [5, 5.41) is 4.28. The van der Waals surface area contributed by atoms with Crippen molar-refractivity contribution in [2.24, 2.45) is 0 Å². The molecule has 6 nitrogen and oxygen atoms in total. The number of nitrogens with one attached hydrogen (secondary N) is 1. The van der Waals surface area contributed by atoms with E-state index in [1.54, 1.807) is 0 Å². The molecular weight excluding hydrogens is 331 g/mol. The van der Waals surface area contributed by atoms with Crippen LogP contribution in [0.1, 0.15) is 48.5 Å². The summed E-state index contributed by atoms with van der Waals surface area (Å²) in [5.41, 5.74) is 0. The summed E-state index contributed by atoms with van der Waals surface area (Å²) in [5.74, 6) is -0.111. The minimum atomic E-state index is -2.24. The summed E-state index contributed by atoms with van der Waals surface area (Å²) >= 11 is 0. The van der Waals surface area contributed by atoms with Gasteiger partial charge in [0, 0.05) is 0 Å². The second-order valence-electron chi connectivity index (χ2n) is 7.14. The average molecular weight is 377 g/mol. The number of hydrogen-bond donors (Lipinski definition) is 1. The first kappa shape index (κ1) is 23.2. The van der Waals surface area contributed by atoms with E-state index >= 15 is 0 Å². The minimum absolute atomic E-state index is 0.111. The molecule has 0 spiro atoms. The first-order valence-electron chi connectivity index (χ1n) is 10.3. The van der Waals surface area contributed by atoms with Crippen LogP contribution >= 0.6 is 7.87 Å². The van der Waals surface area contributed by atoms with Crippen molar-refractivity contribution in [3.63, 3.8) is 0 Å². The van der Waals surface area contributed by atoms with Gasteiger partial charge in [-0.15, -0.1) is 0 Å². The Kier molecular flexibility index (Phi) is 9.23. The van der Waals surface area contributed by atoms with Crippen molar-refractivity contribution in [1.29, 1.82) is 0 Å². The van der Waals surface area contributed by atoms with E-state index < -0.39 is 7.87 Å². The van der Waals surface area contributed by atoms with Gasteiger partial charge in [0.2, 0.25) is 0 Å². The van der Waals surface area contributed by atoms with E-state index in [1.807, 2.05) is 0 Å². The second-order valence-corrected chi connectivity index (χ2v) is 10.6. The van der Waals surface area contributed by atoms with Crippen LogP contribution in [-0.2, 0) is 0 Å². The molecule has 0 saturated carbocycles. The van der Waals surface area contributed by atoms with Crippen molar-refractivity contribution in [1.82, 2.24) is 28.9 Å². The van der Waals surface area contributed by atoms with E-state index in [-0.39, 0.29) is 5.79 Å². The van der Waals surface area contributed by atoms with Gasteiger partial charge < -0.3 is 0 Å². The van der Waals surface area contributed by atoms with Crippen molar-refractivity contribution >= 4 is 7.87 Å². The van der Waals surface area contributed by atoms with Gasteiger partial charge in [-0.05, 0) is 0 Å². The van der Waals surface area contributed by atoms with Crippen LogP contribution in [0.5, 0.6) is 0 Å². The summed E-state index contributed by atoms with van der Waals surface area (Å²) in [6.45, 7) is 24.9. The van der Waals surface area contributed by atoms with Crippen LogP contribution < -0.4 is 5.09 Å². The Morgan fingerprint density at radius 2 is 1.00 bits per heavy atom. The predicted molar refractivity (Wildman–Crippen MR) is 114 cm³/mol. The average Bonchev–Trinajstić information content (AvgIpc) is 2.85. The quantitative estimate of drug-likeness (QED) is 0.557. The van der Waals surface area contributed by atoms with Crippen molar-refractivity contribution in [2.45, 2.75) is 54.3 Å². The fraction of sp³-hybridized carbons (Fsp3) is 1.00. The zero-order valence-electron chi connectivity index (χ0n) is 18.4. The molecule has 0 aromatic heterocycles. The number of hydrogen-bond acceptors (Lipinski definition) is 6. The van der Waals surface area contributed by atoms with Gasteiger partial charge in [-0.3, -0.25) is 0 Å². The zero-order chi connectivity index (χ0) is 19.3. The van der Waals surface area contributed by atoms with Crippen LogP contribution in [0.15, 0.2) is 0 Å². The van der Waals surface area contributed by atoms with Gasteiger partial charge >= 0.3 is 157 Å². The second kappa shape index (κ2) is 9.93. The van der Waals surface area contributed by atoms with E-state index in [0.717, 1.165) is 52.4 Å². The first-order valence-corrected chi connectivity index (χ1v) is 12.1. The van der Waals surface area contributed by atoms with E-state index in [2.05, 4.69) is 91.5 Å². The molecule has 0 radical (unpaired) electrons. The zero-order valence-corrected chi connectivity index (χ0v) is 19.4. The van der Waals surface area contributed by atoms with E-state index in [4.69, 9.17) is 0 Å². The molecule has 0 atom stereocenters. The van der Waals surface area contributed by atoms with Gasteiger partial charge in [0.05, 0.1) is 0 Å². The standard InChI is InChI=1S/C18H45N6P/c1-10-22(11-2)25(23(12-3)13-4,24(14-5)15-6)19-18(7)20(8)16-17-21(18)9/h19,25H,10-17H2,1-9H3. The van der Waals surface area contributed by atoms with Gasteiger partial charge in [-0.2, -0.15) is 0 Å². The van der Waals surface area contributed by atoms with Crippen molar-refractivity contribution in [2.75, 3.05) is 66.5 Å². The Morgan fingerprint density at radius 1 is 0.720 bits per heavy atom. The van der Waals surface area contributed by atoms with Gasteiger partial charge in [-0.25, -0.2) is 0 Å². The molecule has 7 heteroatoms. The third-order valence-electron chi connectivity index (χ3n) is 6.28. The van der Waals surface area contributed by atoms with E-state index in [0.29, 0.717) is 0 Å². The molecule has 0 unspecified atom stereocenters. The number of rotatable bonds is 11. The molecule has 1 aliphatic rings. The molecule has 25 heavy (non-hydrogen) atoms. The first-order chi connectivity index (χ1) is 11.8. The molecule has 1 N–H and O–H groups in total. The number of likely N-dealkylation sites (N-methyl/N-ethyl adjacent to an activating group) is 2. The maximum absolute atomic E-state index is 4.28. The van der Waals surface area contributed by atoms with Crippen molar-refractivity contribution in [3.8, 4) is 0 Å². The van der Waals surface area contributed by atoms with Crippen molar-refractivity contribution < 1.29 is 0 Å². The molecule has 1 fully saturated rings. The molecule has 0 aliphatic carbocycles. The Labute approximate surface area is 158 Å². The summed E-state index contributed by atoms with van der Waals surface area (Å²) in [7, 11) is 2.27. The van der Waals surface area contributed by atoms with Crippen LogP contribution in [0, 0.1) is 0 Å². The summed E-state index contributed by atoms with van der Waals surface area (Å²) in [4.78, 5) is 4.95. The normalized spacial score (nSPS) is 20.3. The third-order valence-corrected chi connectivity index (χ3v) is 11.6. The Bertz CT molecular complexity index is 340. The van der Waals surface area contributed by atoms with Gasteiger partial charge in [-0.1, -0.05) is 0 Å². The van der Waals surface area contributed by atoms with Crippen LogP contribution in [0.2, 0.25) is 0 Å². The molecule has 1 aliphatic heterocycles. The summed E-state index contributed by atoms with van der Waals surface area (Å²) < 4.78 is 8.16. The van der Waals surface area contributed by atoms with Crippen LogP contribution in [-0.4, -0.2) is 96.1 Å². The van der Waals surface area contributed by atoms with Gasteiger partial charge in [0.1, 0.15) is 0 Å². The molecular formula is C18H45N6P. The molecule has 0 aromatic rings. The predicted octanol–water partition coefficient (Wildman–Crippen LogP) is 2.56. The number of nitrogens with zero attached hydrogens (tertiary/aromatic N) is 5. The fourth-order valence-corrected chi connectivity index (χ4v) is 9.70. The fourth-order valence-electron chi connectivity index (χ4n) is 4.37. The Balaban J connectivity index is 3.51.